The molecule has 78 valence electrons. The van der Waals surface area contributed by atoms with E-state index in [0.717, 1.165) is 12.8 Å². The van der Waals surface area contributed by atoms with Gasteiger partial charge in [0.15, 0.2) is 0 Å². The van der Waals surface area contributed by atoms with Crippen molar-refractivity contribution in [2.75, 3.05) is 6.61 Å². The van der Waals surface area contributed by atoms with Crippen molar-refractivity contribution < 1.29 is 4.74 Å². The van der Waals surface area contributed by atoms with E-state index < -0.39 is 0 Å². The topological polar surface area (TPSA) is 33.0 Å². The maximum atomic E-state index is 9.04. The van der Waals surface area contributed by atoms with Crippen LogP contribution >= 0.6 is 0 Å². The first kappa shape index (κ1) is 9.98. The summed E-state index contributed by atoms with van der Waals surface area (Å²) >= 11 is 0. The SMILES string of the molecule is N#CC1(COC2CCCCC2)CCC1. The second-order valence-electron chi connectivity index (χ2n) is 4.82. The van der Waals surface area contributed by atoms with Crippen molar-refractivity contribution in [2.45, 2.75) is 57.5 Å². The summed E-state index contributed by atoms with van der Waals surface area (Å²) in [4.78, 5) is 0. The highest BCUT2D eigenvalue weighted by Gasteiger charge is 2.38. The minimum Gasteiger partial charge on any atom is -0.377 e. The Morgan fingerprint density at radius 1 is 1.14 bits per heavy atom. The molecular weight excluding hydrogens is 174 g/mol. The lowest BCUT2D eigenvalue weighted by Gasteiger charge is -2.36. The largest absolute Gasteiger partial charge is 0.377 e. The van der Waals surface area contributed by atoms with Crippen molar-refractivity contribution in [3.63, 3.8) is 0 Å². The Morgan fingerprint density at radius 2 is 1.86 bits per heavy atom. The quantitative estimate of drug-likeness (QED) is 0.690. The average molecular weight is 193 g/mol. The molecule has 2 aliphatic carbocycles. The maximum absolute atomic E-state index is 9.04. The highest BCUT2D eigenvalue weighted by molar-refractivity contribution is 5.04. The van der Waals surface area contributed by atoms with Crippen LogP contribution in [-0.2, 0) is 4.74 Å². The fourth-order valence-corrected chi connectivity index (χ4v) is 2.40. The summed E-state index contributed by atoms with van der Waals surface area (Å²) in [5.74, 6) is 0. The lowest BCUT2D eigenvalue weighted by molar-refractivity contribution is -0.0317. The minimum atomic E-state index is -0.0998. The van der Waals surface area contributed by atoms with Gasteiger partial charge in [0, 0.05) is 0 Å². The van der Waals surface area contributed by atoms with E-state index >= 15 is 0 Å². The Hall–Kier alpha value is -0.550. The van der Waals surface area contributed by atoms with Crippen LogP contribution in [0.2, 0.25) is 0 Å². The standard InChI is InChI=1S/C12H19NO/c13-9-12(7-4-8-12)10-14-11-5-2-1-3-6-11/h11H,1-8,10H2. The third-order valence-corrected chi connectivity index (χ3v) is 3.70. The highest BCUT2D eigenvalue weighted by Crippen LogP contribution is 2.41. The Morgan fingerprint density at radius 3 is 2.36 bits per heavy atom. The lowest BCUT2D eigenvalue weighted by Crippen LogP contribution is -2.35. The molecule has 2 rings (SSSR count). The van der Waals surface area contributed by atoms with Gasteiger partial charge in [-0.05, 0) is 25.7 Å². The fourth-order valence-electron chi connectivity index (χ4n) is 2.40. The first-order chi connectivity index (χ1) is 6.85. The van der Waals surface area contributed by atoms with Crippen LogP contribution in [0.25, 0.3) is 0 Å². The first-order valence-electron chi connectivity index (χ1n) is 5.88. The maximum Gasteiger partial charge on any atom is 0.0807 e. The van der Waals surface area contributed by atoms with E-state index in [9.17, 15) is 0 Å². The monoisotopic (exact) mass is 193 g/mol. The molecule has 0 aliphatic heterocycles. The number of nitriles is 1. The van der Waals surface area contributed by atoms with E-state index in [2.05, 4.69) is 6.07 Å². The zero-order valence-corrected chi connectivity index (χ0v) is 8.80. The van der Waals surface area contributed by atoms with Crippen molar-refractivity contribution in [3.8, 4) is 6.07 Å². The van der Waals surface area contributed by atoms with Crippen LogP contribution in [0.4, 0.5) is 0 Å². The van der Waals surface area contributed by atoms with Gasteiger partial charge in [0.25, 0.3) is 0 Å². The first-order valence-corrected chi connectivity index (χ1v) is 5.88. The molecule has 0 unspecified atom stereocenters. The van der Waals surface area contributed by atoms with Crippen LogP contribution in [0.5, 0.6) is 0 Å². The molecule has 2 aliphatic rings. The van der Waals surface area contributed by atoms with Gasteiger partial charge in [-0.3, -0.25) is 0 Å². The minimum absolute atomic E-state index is 0.0998. The van der Waals surface area contributed by atoms with Crippen LogP contribution in [0.3, 0.4) is 0 Å². The summed E-state index contributed by atoms with van der Waals surface area (Å²) in [6, 6.07) is 2.43. The second kappa shape index (κ2) is 4.31. The van der Waals surface area contributed by atoms with Crippen molar-refractivity contribution in [3.05, 3.63) is 0 Å². The van der Waals surface area contributed by atoms with Crippen LogP contribution in [0, 0.1) is 16.7 Å². The summed E-state index contributed by atoms with van der Waals surface area (Å²) in [5, 5.41) is 9.04. The molecule has 0 bridgehead atoms. The summed E-state index contributed by atoms with van der Waals surface area (Å²) in [7, 11) is 0. The third kappa shape index (κ3) is 2.09. The molecule has 0 spiro atoms. The Labute approximate surface area is 86.2 Å². The molecule has 2 heteroatoms. The number of hydrogen-bond donors (Lipinski definition) is 0. The molecule has 0 saturated heterocycles. The van der Waals surface area contributed by atoms with Crippen LogP contribution in [0.15, 0.2) is 0 Å². The Balaban J connectivity index is 1.73. The number of rotatable bonds is 3. The summed E-state index contributed by atoms with van der Waals surface area (Å²) in [6.45, 7) is 0.689. The van der Waals surface area contributed by atoms with E-state index in [1.807, 2.05) is 0 Å². The normalized spacial score (nSPS) is 26.5. The molecule has 14 heavy (non-hydrogen) atoms. The van der Waals surface area contributed by atoms with Crippen LogP contribution in [0.1, 0.15) is 51.4 Å². The van der Waals surface area contributed by atoms with Gasteiger partial charge in [-0.1, -0.05) is 25.7 Å². The number of nitrogens with zero attached hydrogens (tertiary/aromatic N) is 1. The van der Waals surface area contributed by atoms with E-state index in [0.29, 0.717) is 12.7 Å². The summed E-state index contributed by atoms with van der Waals surface area (Å²) in [6.07, 6.45) is 10.2. The smallest absolute Gasteiger partial charge is 0.0807 e. The van der Waals surface area contributed by atoms with Crippen molar-refractivity contribution in [1.29, 1.82) is 5.26 Å². The van der Waals surface area contributed by atoms with Gasteiger partial charge in [0.2, 0.25) is 0 Å². The molecule has 0 aromatic heterocycles. The van der Waals surface area contributed by atoms with Crippen LogP contribution in [-0.4, -0.2) is 12.7 Å². The van der Waals surface area contributed by atoms with Crippen molar-refractivity contribution in [2.24, 2.45) is 5.41 Å². The predicted molar refractivity (Wildman–Crippen MR) is 54.7 cm³/mol. The highest BCUT2D eigenvalue weighted by atomic mass is 16.5. The second-order valence-corrected chi connectivity index (χ2v) is 4.82. The molecule has 0 atom stereocenters. The van der Waals surface area contributed by atoms with Gasteiger partial charge in [0.1, 0.15) is 0 Å². The lowest BCUT2D eigenvalue weighted by atomic mass is 9.70. The van der Waals surface area contributed by atoms with Crippen molar-refractivity contribution >= 4 is 0 Å². The van der Waals surface area contributed by atoms with Gasteiger partial charge in [0.05, 0.1) is 24.2 Å². The number of ether oxygens (including phenoxy) is 1. The van der Waals surface area contributed by atoms with Crippen molar-refractivity contribution in [1.82, 2.24) is 0 Å². The molecule has 2 fully saturated rings. The van der Waals surface area contributed by atoms with E-state index in [-0.39, 0.29) is 5.41 Å². The fraction of sp³-hybridized carbons (Fsp3) is 0.917. The van der Waals surface area contributed by atoms with Gasteiger partial charge in [-0.2, -0.15) is 5.26 Å². The Kier molecular flexibility index (Phi) is 3.08. The summed E-state index contributed by atoms with van der Waals surface area (Å²) in [5.41, 5.74) is -0.0998. The summed E-state index contributed by atoms with van der Waals surface area (Å²) < 4.78 is 5.86. The molecule has 0 aromatic carbocycles. The molecule has 2 nitrogen and oxygen atoms in total. The van der Waals surface area contributed by atoms with Gasteiger partial charge >= 0.3 is 0 Å². The van der Waals surface area contributed by atoms with Gasteiger partial charge in [-0.15, -0.1) is 0 Å². The third-order valence-electron chi connectivity index (χ3n) is 3.70. The molecule has 0 aromatic rings. The van der Waals surface area contributed by atoms with Crippen LogP contribution < -0.4 is 0 Å². The number of hydrogen-bond acceptors (Lipinski definition) is 2. The Bertz CT molecular complexity index is 221. The molecule has 0 radical (unpaired) electrons. The molecule has 2 saturated carbocycles. The van der Waals surface area contributed by atoms with Gasteiger partial charge in [-0.25, -0.2) is 0 Å². The van der Waals surface area contributed by atoms with Gasteiger partial charge < -0.3 is 4.74 Å². The molecular formula is C12H19NO. The predicted octanol–water partition coefficient (Wildman–Crippen LogP) is 3.03. The zero-order chi connectivity index (χ0) is 9.86. The van der Waals surface area contributed by atoms with E-state index in [1.165, 1.54) is 38.5 Å². The van der Waals surface area contributed by atoms with E-state index in [1.54, 1.807) is 0 Å². The van der Waals surface area contributed by atoms with E-state index in [4.69, 9.17) is 10.00 Å². The molecule has 0 amide bonds. The molecule has 0 N–H and O–H groups in total. The zero-order valence-electron chi connectivity index (χ0n) is 8.80. The average Bonchev–Trinajstić information content (AvgIpc) is 2.19. The molecule has 0 heterocycles.